The molecule has 1 aromatic rings. The summed E-state index contributed by atoms with van der Waals surface area (Å²) in [7, 11) is -3.38. The summed E-state index contributed by atoms with van der Waals surface area (Å²) in [4.78, 5) is 11.8. The molecule has 5 nitrogen and oxygen atoms in total. The lowest BCUT2D eigenvalue weighted by Crippen LogP contribution is -2.17. The van der Waals surface area contributed by atoms with Gasteiger partial charge in [0.15, 0.2) is 0 Å². The molecular formula is C15H20F3IN2O3S. The van der Waals surface area contributed by atoms with Gasteiger partial charge in [-0.2, -0.15) is 13.2 Å². The van der Waals surface area contributed by atoms with Crippen molar-refractivity contribution in [2.24, 2.45) is 5.92 Å². The van der Waals surface area contributed by atoms with Gasteiger partial charge in [0.2, 0.25) is 0 Å². The third-order valence-electron chi connectivity index (χ3n) is 3.00. The summed E-state index contributed by atoms with van der Waals surface area (Å²) in [5.74, 6) is -0.235. The summed E-state index contributed by atoms with van der Waals surface area (Å²) in [6.45, 7) is 4.00. The molecule has 0 bridgehead atoms. The Bertz CT molecular complexity index is 706. The smallest absolute Gasteiger partial charge is 0.411 e. The number of carbonyl (C=O) groups is 1. The minimum absolute atomic E-state index is 0.0780. The van der Waals surface area contributed by atoms with Gasteiger partial charge in [-0.15, -0.1) is 0 Å². The van der Waals surface area contributed by atoms with Gasteiger partial charge >= 0.3 is 12.3 Å². The zero-order chi connectivity index (χ0) is 19.3. The summed E-state index contributed by atoms with van der Waals surface area (Å²) < 4.78 is 62.5. The van der Waals surface area contributed by atoms with Gasteiger partial charge in [-0.1, -0.05) is 13.8 Å². The molecule has 25 heavy (non-hydrogen) atoms. The number of halogens is 4. The molecule has 0 aliphatic heterocycles. The van der Waals surface area contributed by atoms with Crippen molar-refractivity contribution in [1.29, 1.82) is 4.78 Å². The minimum Gasteiger partial charge on any atom is -0.449 e. The van der Waals surface area contributed by atoms with E-state index in [1.165, 1.54) is 12.1 Å². The zero-order valence-corrected chi connectivity index (χ0v) is 16.8. The van der Waals surface area contributed by atoms with Crippen LogP contribution in [-0.2, 0) is 14.5 Å². The highest BCUT2D eigenvalue weighted by Crippen LogP contribution is 2.26. The highest BCUT2D eigenvalue weighted by Gasteiger charge is 2.27. The molecule has 1 aromatic carbocycles. The van der Waals surface area contributed by atoms with Crippen LogP contribution in [0.4, 0.5) is 23.7 Å². The number of alkyl halides is 3. The number of hydrogen-bond donors (Lipinski definition) is 2. The molecule has 0 radical (unpaired) electrons. The molecule has 0 spiro atoms. The van der Waals surface area contributed by atoms with Crippen LogP contribution in [0.3, 0.4) is 0 Å². The maximum absolute atomic E-state index is 12.4. The van der Waals surface area contributed by atoms with Crippen molar-refractivity contribution in [2.45, 2.75) is 37.8 Å². The Hall–Kier alpha value is -1.04. The summed E-state index contributed by atoms with van der Waals surface area (Å²) in [5, 5.41) is 2.50. The molecular weight excluding hydrogens is 472 g/mol. The second kappa shape index (κ2) is 9.06. The summed E-state index contributed by atoms with van der Waals surface area (Å²) in [6, 6.07) is 4.32. The van der Waals surface area contributed by atoms with Gasteiger partial charge in [-0.3, -0.25) is 5.32 Å². The first kappa shape index (κ1) is 22.0. The third-order valence-corrected chi connectivity index (χ3v) is 5.81. The average Bonchev–Trinajstić information content (AvgIpc) is 2.45. The predicted octanol–water partition coefficient (Wildman–Crippen LogP) is 5.24. The van der Waals surface area contributed by atoms with Crippen molar-refractivity contribution < 1.29 is 26.9 Å². The molecule has 1 amide bonds. The first-order chi connectivity index (χ1) is 11.4. The first-order valence-electron chi connectivity index (χ1n) is 7.47. The van der Waals surface area contributed by atoms with Crippen LogP contribution in [0.25, 0.3) is 0 Å². The summed E-state index contributed by atoms with van der Waals surface area (Å²) in [5.41, 5.74) is 0.308. The van der Waals surface area contributed by atoms with Crippen LogP contribution in [0.2, 0.25) is 0 Å². The fraction of sp³-hybridized carbons (Fsp3) is 0.533. The van der Waals surface area contributed by atoms with Gasteiger partial charge in [-0.25, -0.2) is 13.8 Å². The fourth-order valence-corrected chi connectivity index (χ4v) is 3.64. The Morgan fingerprint density at radius 3 is 2.60 bits per heavy atom. The average molecular weight is 492 g/mol. The molecule has 0 aromatic heterocycles. The normalized spacial score (nSPS) is 14.2. The van der Waals surface area contributed by atoms with Crippen molar-refractivity contribution >= 4 is 44.1 Å². The molecule has 10 heteroatoms. The van der Waals surface area contributed by atoms with Crippen LogP contribution in [0.1, 0.15) is 26.7 Å². The monoisotopic (exact) mass is 492 g/mol. The first-order valence-corrected chi connectivity index (χ1v) is 10.3. The van der Waals surface area contributed by atoms with Gasteiger partial charge in [0.1, 0.15) is 0 Å². The fourth-order valence-electron chi connectivity index (χ4n) is 1.79. The second-order valence-electron chi connectivity index (χ2n) is 5.86. The van der Waals surface area contributed by atoms with Crippen LogP contribution in [0.5, 0.6) is 0 Å². The lowest BCUT2D eigenvalue weighted by Gasteiger charge is -2.13. The van der Waals surface area contributed by atoms with Crippen molar-refractivity contribution in [1.82, 2.24) is 0 Å². The van der Waals surface area contributed by atoms with E-state index in [2.05, 4.69) is 5.32 Å². The van der Waals surface area contributed by atoms with Crippen LogP contribution in [0.15, 0.2) is 23.1 Å². The zero-order valence-electron chi connectivity index (χ0n) is 13.8. The lowest BCUT2D eigenvalue weighted by atomic mass is 10.2. The van der Waals surface area contributed by atoms with E-state index in [1.54, 1.807) is 6.07 Å². The summed E-state index contributed by atoms with van der Waals surface area (Å²) in [6.07, 6.45) is -6.50. The van der Waals surface area contributed by atoms with Crippen LogP contribution < -0.4 is 5.32 Å². The highest BCUT2D eigenvalue weighted by molar-refractivity contribution is 14.1. The van der Waals surface area contributed by atoms with Crippen LogP contribution in [0, 0.1) is 14.3 Å². The Kier molecular flexibility index (Phi) is 7.97. The van der Waals surface area contributed by atoms with Crippen molar-refractivity contribution in [3.05, 3.63) is 21.8 Å². The number of carbonyl (C=O) groups excluding carboxylic acids is 1. The number of ether oxygens (including phenoxy) is 1. The Balaban J connectivity index is 2.83. The Morgan fingerprint density at radius 1 is 1.40 bits per heavy atom. The molecule has 0 saturated heterocycles. The topological polar surface area (TPSA) is 79.2 Å². The predicted molar refractivity (Wildman–Crippen MR) is 98.3 cm³/mol. The van der Waals surface area contributed by atoms with E-state index >= 15 is 0 Å². The van der Waals surface area contributed by atoms with Gasteiger partial charge in [0, 0.05) is 20.6 Å². The van der Waals surface area contributed by atoms with E-state index < -0.39 is 40.6 Å². The lowest BCUT2D eigenvalue weighted by molar-refractivity contribution is -0.134. The minimum atomic E-state index is -4.34. The molecule has 0 aliphatic rings. The van der Waals surface area contributed by atoms with E-state index in [9.17, 15) is 22.2 Å². The Labute approximate surface area is 158 Å². The van der Waals surface area contributed by atoms with E-state index in [-0.39, 0.29) is 17.4 Å². The van der Waals surface area contributed by atoms with Crippen molar-refractivity contribution in [3.63, 3.8) is 0 Å². The number of nitrogens with one attached hydrogen (secondary N) is 2. The van der Waals surface area contributed by atoms with Gasteiger partial charge in [0.25, 0.3) is 0 Å². The molecule has 0 heterocycles. The Morgan fingerprint density at radius 2 is 2.04 bits per heavy atom. The second-order valence-corrected chi connectivity index (χ2v) is 9.25. The van der Waals surface area contributed by atoms with Crippen LogP contribution >= 0.6 is 22.6 Å². The van der Waals surface area contributed by atoms with E-state index in [0.717, 1.165) is 0 Å². The van der Waals surface area contributed by atoms with E-state index in [0.29, 0.717) is 9.26 Å². The van der Waals surface area contributed by atoms with Crippen molar-refractivity contribution in [2.75, 3.05) is 17.7 Å². The highest BCUT2D eigenvalue weighted by atomic mass is 127. The standard InChI is InChI=1S/C15H20F3IN2O3S/c1-10(2)9-24-14(22)21-13-8-11(4-5-12(13)19)25(20,23)7-3-6-15(16,17)18/h4-5,8,10,20H,3,6-7,9H2,1-2H3,(H,21,22). The van der Waals surface area contributed by atoms with E-state index in [4.69, 9.17) is 9.52 Å². The number of benzene rings is 1. The largest absolute Gasteiger partial charge is 0.449 e. The molecule has 1 atom stereocenters. The molecule has 0 fully saturated rings. The molecule has 0 aliphatic carbocycles. The van der Waals surface area contributed by atoms with Gasteiger partial charge in [-0.05, 0) is 53.1 Å². The number of rotatable bonds is 7. The maximum atomic E-state index is 12.4. The van der Waals surface area contributed by atoms with Crippen LogP contribution in [-0.4, -0.2) is 28.8 Å². The number of anilines is 1. The van der Waals surface area contributed by atoms with Crippen molar-refractivity contribution in [3.8, 4) is 0 Å². The van der Waals surface area contributed by atoms with Gasteiger partial charge < -0.3 is 4.74 Å². The molecule has 2 N–H and O–H groups in total. The maximum Gasteiger partial charge on any atom is 0.411 e. The molecule has 1 rings (SSSR count). The quantitative estimate of drug-likeness (QED) is 0.511. The SMILES string of the molecule is CC(C)COC(=O)Nc1cc(S(=N)(=O)CCCC(F)(F)F)ccc1I. The number of amides is 1. The van der Waals surface area contributed by atoms with E-state index in [1.807, 2.05) is 36.4 Å². The third kappa shape index (κ3) is 8.25. The molecule has 142 valence electrons. The molecule has 1 unspecified atom stereocenters. The molecule has 0 saturated carbocycles. The van der Waals surface area contributed by atoms with Gasteiger partial charge in [0.05, 0.1) is 22.0 Å². The number of hydrogen-bond acceptors (Lipinski definition) is 4. The summed E-state index contributed by atoms with van der Waals surface area (Å²) >= 11 is 1.95.